The molecule has 0 radical (unpaired) electrons. The van der Waals surface area contributed by atoms with Crippen LogP contribution in [0, 0.1) is 0 Å². The second-order valence-electron chi connectivity index (χ2n) is 22.6. The Morgan fingerprint density at radius 2 is 0.585 bits per heavy atom. The van der Waals surface area contributed by atoms with E-state index in [0.717, 1.165) is 12.1 Å². The Labute approximate surface area is 478 Å². The van der Waals surface area contributed by atoms with Gasteiger partial charge in [-0.3, -0.25) is 0 Å². The third-order valence-corrected chi connectivity index (χ3v) is 18.6. The SMILES string of the molecule is c1ccc(C2(c3ccccc3)c3ccccc3-c3ccc(-c4ccc5c(c4)c4cc(-c6ccc7c(c6)C(c6ccccc6)(c6ccccc6)c6ccccc6-7)ccc4n5-c4ccc(-c5ccc6c(c5)-c5ccccc5C6)cc4)cc32)cc1. The molecule has 0 bridgehead atoms. The highest BCUT2D eigenvalue weighted by Crippen LogP contribution is 2.59. The van der Waals surface area contributed by atoms with Gasteiger partial charge in [0, 0.05) is 16.5 Å². The smallest absolute Gasteiger partial charge is 0.0713 e. The molecule has 0 atom stereocenters. The highest BCUT2D eigenvalue weighted by Gasteiger charge is 2.47. The van der Waals surface area contributed by atoms with Gasteiger partial charge in [0.15, 0.2) is 0 Å². The molecule has 0 aliphatic heterocycles. The van der Waals surface area contributed by atoms with Crippen molar-refractivity contribution in [1.82, 2.24) is 4.57 Å². The molecule has 0 amide bonds. The molecular formula is C81H53N. The lowest BCUT2D eigenvalue weighted by Gasteiger charge is -2.34. The summed E-state index contributed by atoms with van der Waals surface area (Å²) in [6.07, 6.45) is 0.994. The monoisotopic (exact) mass is 1040 g/mol. The van der Waals surface area contributed by atoms with Crippen LogP contribution in [0.3, 0.4) is 0 Å². The molecule has 3 aliphatic carbocycles. The summed E-state index contributed by atoms with van der Waals surface area (Å²) < 4.78 is 2.48. The lowest BCUT2D eigenvalue weighted by Crippen LogP contribution is -2.28. The molecule has 0 saturated heterocycles. The predicted molar refractivity (Wildman–Crippen MR) is 340 cm³/mol. The van der Waals surface area contributed by atoms with Crippen molar-refractivity contribution in [2.75, 3.05) is 0 Å². The number of fused-ring (bicyclic) bond motifs is 12. The topological polar surface area (TPSA) is 4.93 Å². The number of rotatable bonds is 8. The quantitative estimate of drug-likeness (QED) is 0.143. The molecule has 0 N–H and O–H groups in total. The van der Waals surface area contributed by atoms with Crippen LogP contribution in [-0.2, 0) is 17.3 Å². The van der Waals surface area contributed by atoms with Crippen molar-refractivity contribution in [3.05, 3.63) is 365 Å². The van der Waals surface area contributed by atoms with Crippen LogP contribution in [0.4, 0.5) is 0 Å². The van der Waals surface area contributed by atoms with Crippen LogP contribution >= 0.6 is 0 Å². The van der Waals surface area contributed by atoms with Gasteiger partial charge in [0.25, 0.3) is 0 Å². The Balaban J connectivity index is 0.855. The Bertz CT molecular complexity index is 4540. The van der Waals surface area contributed by atoms with Crippen LogP contribution in [0.15, 0.2) is 309 Å². The molecular weight excluding hydrogens is 987 g/mol. The Morgan fingerprint density at radius 1 is 0.232 bits per heavy atom. The number of hydrogen-bond acceptors (Lipinski definition) is 0. The van der Waals surface area contributed by atoms with Crippen molar-refractivity contribution < 1.29 is 0 Å². The van der Waals surface area contributed by atoms with Gasteiger partial charge in [-0.2, -0.15) is 0 Å². The molecule has 14 aromatic rings. The fourth-order valence-electron chi connectivity index (χ4n) is 15.0. The zero-order valence-electron chi connectivity index (χ0n) is 45.1. The average Bonchev–Trinajstić information content (AvgIpc) is 3.03. The van der Waals surface area contributed by atoms with Crippen LogP contribution in [0.5, 0.6) is 0 Å². The Kier molecular flexibility index (Phi) is 10.3. The van der Waals surface area contributed by atoms with Crippen molar-refractivity contribution in [2.45, 2.75) is 17.3 Å². The van der Waals surface area contributed by atoms with E-state index in [-0.39, 0.29) is 0 Å². The number of aromatic nitrogens is 1. The van der Waals surface area contributed by atoms with Gasteiger partial charge in [-0.15, -0.1) is 0 Å². The van der Waals surface area contributed by atoms with Gasteiger partial charge in [0.1, 0.15) is 0 Å². The minimum Gasteiger partial charge on any atom is -0.309 e. The first-order chi connectivity index (χ1) is 40.6. The molecule has 1 heteroatoms. The van der Waals surface area contributed by atoms with Gasteiger partial charge >= 0.3 is 0 Å². The largest absolute Gasteiger partial charge is 0.309 e. The molecule has 0 unspecified atom stereocenters. The van der Waals surface area contributed by atoms with Gasteiger partial charge in [-0.05, 0) is 183 Å². The van der Waals surface area contributed by atoms with Gasteiger partial charge in [0.2, 0.25) is 0 Å². The summed E-state index contributed by atoms with van der Waals surface area (Å²) in [6.45, 7) is 0. The zero-order valence-corrected chi connectivity index (χ0v) is 45.1. The fourth-order valence-corrected chi connectivity index (χ4v) is 15.0. The highest BCUT2D eigenvalue weighted by atomic mass is 15.0. The number of nitrogens with zero attached hydrogens (tertiary/aromatic N) is 1. The van der Waals surface area contributed by atoms with Crippen LogP contribution < -0.4 is 0 Å². The summed E-state index contributed by atoms with van der Waals surface area (Å²) >= 11 is 0. The molecule has 0 saturated carbocycles. The van der Waals surface area contributed by atoms with Crippen molar-refractivity contribution >= 4 is 21.8 Å². The Hall–Kier alpha value is -10.3. The molecule has 0 spiro atoms. The van der Waals surface area contributed by atoms with Crippen molar-refractivity contribution in [3.8, 4) is 72.4 Å². The second-order valence-corrected chi connectivity index (χ2v) is 22.6. The summed E-state index contributed by atoms with van der Waals surface area (Å²) in [7, 11) is 0. The number of hydrogen-bond donors (Lipinski definition) is 0. The minimum atomic E-state index is -0.494. The van der Waals surface area contributed by atoms with Crippen molar-refractivity contribution in [2.24, 2.45) is 0 Å². The van der Waals surface area contributed by atoms with Crippen LogP contribution in [0.1, 0.15) is 55.6 Å². The lowest BCUT2D eigenvalue weighted by atomic mass is 9.67. The molecule has 82 heavy (non-hydrogen) atoms. The summed E-state index contributed by atoms with van der Waals surface area (Å²) in [4.78, 5) is 0. The summed E-state index contributed by atoms with van der Waals surface area (Å²) in [5, 5.41) is 2.43. The third-order valence-electron chi connectivity index (χ3n) is 18.6. The molecule has 17 rings (SSSR count). The molecule has 1 nitrogen and oxygen atoms in total. The van der Waals surface area contributed by atoms with E-state index in [4.69, 9.17) is 0 Å². The summed E-state index contributed by atoms with van der Waals surface area (Å²) in [5.74, 6) is 0. The summed E-state index contributed by atoms with van der Waals surface area (Å²) in [5.41, 5.74) is 30.7. The van der Waals surface area contributed by atoms with Crippen LogP contribution in [0.2, 0.25) is 0 Å². The van der Waals surface area contributed by atoms with Gasteiger partial charge in [-0.25, -0.2) is 0 Å². The fraction of sp³-hybridized carbons (Fsp3) is 0.0370. The van der Waals surface area contributed by atoms with E-state index in [1.165, 1.54) is 144 Å². The first kappa shape index (κ1) is 46.6. The standard InChI is InChI=1S/C81H53N/c1-5-20-61(21-6-1)80(62-22-7-2-8-23-62)74-31-17-15-29-67(74)69-43-37-57(51-76(69)80)55-39-45-78-72(49-55)73-50-56(40-46-79(73)82(78)65-41-35-53(36-42-65)54-33-34-60-47-59-19-13-14-28-66(59)71(60)48-54)58-38-44-70-68-30-16-18-32-75(68)81(77(70)52-58,63-24-9-3-10-25-63)64-26-11-4-12-27-64/h1-46,48-52H,47H2. The molecule has 3 aliphatic rings. The first-order valence-electron chi connectivity index (χ1n) is 28.8. The first-order valence-corrected chi connectivity index (χ1v) is 28.8. The normalized spacial score (nSPS) is 13.8. The maximum Gasteiger partial charge on any atom is 0.0713 e. The lowest BCUT2D eigenvalue weighted by molar-refractivity contribution is 0.769. The van der Waals surface area contributed by atoms with E-state index in [2.05, 4.69) is 314 Å². The highest BCUT2D eigenvalue weighted by molar-refractivity contribution is 6.12. The van der Waals surface area contributed by atoms with E-state index >= 15 is 0 Å². The van der Waals surface area contributed by atoms with Crippen molar-refractivity contribution in [1.29, 1.82) is 0 Å². The summed E-state index contributed by atoms with van der Waals surface area (Å²) in [6, 6.07) is 116. The zero-order chi connectivity index (χ0) is 53.9. The van der Waals surface area contributed by atoms with E-state index < -0.39 is 10.8 Å². The Morgan fingerprint density at radius 3 is 1.07 bits per heavy atom. The minimum absolute atomic E-state index is 0.494. The van der Waals surface area contributed by atoms with E-state index in [0.29, 0.717) is 0 Å². The molecule has 0 fully saturated rings. The van der Waals surface area contributed by atoms with E-state index in [1.54, 1.807) is 0 Å². The molecule has 382 valence electrons. The van der Waals surface area contributed by atoms with Crippen LogP contribution in [0.25, 0.3) is 94.3 Å². The number of benzene rings is 13. The average molecular weight is 1040 g/mol. The van der Waals surface area contributed by atoms with Gasteiger partial charge < -0.3 is 4.57 Å². The second kappa shape index (κ2) is 18.1. The van der Waals surface area contributed by atoms with E-state index in [9.17, 15) is 0 Å². The van der Waals surface area contributed by atoms with Gasteiger partial charge in [-0.1, -0.05) is 255 Å². The van der Waals surface area contributed by atoms with Gasteiger partial charge in [0.05, 0.1) is 21.9 Å². The maximum atomic E-state index is 2.49. The van der Waals surface area contributed by atoms with Crippen LogP contribution in [-0.4, -0.2) is 4.57 Å². The third kappa shape index (κ3) is 6.68. The maximum absolute atomic E-state index is 2.49. The predicted octanol–water partition coefficient (Wildman–Crippen LogP) is 20.1. The molecule has 13 aromatic carbocycles. The molecule has 1 aromatic heterocycles. The molecule has 1 heterocycles. The van der Waals surface area contributed by atoms with Crippen molar-refractivity contribution in [3.63, 3.8) is 0 Å². The van der Waals surface area contributed by atoms with E-state index in [1.807, 2.05) is 0 Å².